The first-order valence-corrected chi connectivity index (χ1v) is 10.0. The highest BCUT2D eigenvalue weighted by Gasteiger charge is 2.48. The lowest BCUT2D eigenvalue weighted by Gasteiger charge is -2.46. The molecule has 0 radical (unpaired) electrons. The largest absolute Gasteiger partial charge is 0.490 e. The summed E-state index contributed by atoms with van der Waals surface area (Å²) in [5, 5.41) is 7.12. The second-order valence-electron chi connectivity index (χ2n) is 8.08. The van der Waals surface area contributed by atoms with Gasteiger partial charge in [-0.25, -0.2) is 19.2 Å². The van der Waals surface area contributed by atoms with Crippen molar-refractivity contribution in [1.29, 1.82) is 0 Å². The van der Waals surface area contributed by atoms with Crippen LogP contribution in [0, 0.1) is 12.7 Å². The Morgan fingerprint density at radius 2 is 1.82 bits per heavy atom. The van der Waals surface area contributed by atoms with Crippen molar-refractivity contribution >= 4 is 23.5 Å². The number of amides is 1. The Labute approximate surface area is 187 Å². The maximum atomic E-state index is 13.6. The van der Waals surface area contributed by atoms with Gasteiger partial charge in [-0.05, 0) is 44.2 Å². The molecule has 1 aromatic carbocycles. The molecule has 33 heavy (non-hydrogen) atoms. The average Bonchev–Trinajstić information content (AvgIpc) is 3.16. The van der Waals surface area contributed by atoms with E-state index in [0.717, 1.165) is 31.0 Å². The third-order valence-corrected chi connectivity index (χ3v) is 5.68. The quantitative estimate of drug-likeness (QED) is 0.676. The van der Waals surface area contributed by atoms with E-state index in [1.807, 2.05) is 26.4 Å². The van der Waals surface area contributed by atoms with E-state index in [0.29, 0.717) is 18.8 Å². The molecule has 0 aliphatic carbocycles. The smallest absolute Gasteiger partial charge is 0.475 e. The van der Waals surface area contributed by atoms with Crippen LogP contribution >= 0.6 is 0 Å². The van der Waals surface area contributed by atoms with E-state index in [2.05, 4.69) is 19.8 Å². The molecule has 0 saturated carbocycles. The molecule has 1 unspecified atom stereocenters. The van der Waals surface area contributed by atoms with Crippen molar-refractivity contribution < 1.29 is 32.3 Å². The van der Waals surface area contributed by atoms with E-state index >= 15 is 0 Å². The number of rotatable bonds is 2. The van der Waals surface area contributed by atoms with Gasteiger partial charge < -0.3 is 14.9 Å². The van der Waals surface area contributed by atoms with Gasteiger partial charge in [-0.15, -0.1) is 0 Å². The highest BCUT2D eigenvalue weighted by atomic mass is 19.4. The van der Waals surface area contributed by atoms with E-state index in [4.69, 9.17) is 9.90 Å². The molecule has 1 aromatic heterocycles. The molecule has 3 heterocycles. The molecular formula is C21H23F4N5O3. The first-order chi connectivity index (χ1) is 15.4. The van der Waals surface area contributed by atoms with Crippen LogP contribution in [0.4, 0.5) is 29.2 Å². The number of hydrogen-bond acceptors (Lipinski definition) is 6. The number of anilines is 2. The van der Waals surface area contributed by atoms with E-state index in [1.165, 1.54) is 12.1 Å². The van der Waals surface area contributed by atoms with Crippen LogP contribution in [0.2, 0.25) is 0 Å². The second kappa shape index (κ2) is 9.30. The number of carboxylic acids is 1. The summed E-state index contributed by atoms with van der Waals surface area (Å²) in [7, 11) is 1.99. The zero-order chi connectivity index (χ0) is 24.4. The van der Waals surface area contributed by atoms with Crippen LogP contribution in [0.3, 0.4) is 0 Å². The first kappa shape index (κ1) is 24.4. The van der Waals surface area contributed by atoms with Crippen LogP contribution in [0.5, 0.6) is 0 Å². The van der Waals surface area contributed by atoms with E-state index in [1.54, 1.807) is 17.0 Å². The van der Waals surface area contributed by atoms with Crippen molar-refractivity contribution in [2.45, 2.75) is 25.1 Å². The molecule has 2 aliphatic rings. The SMILES string of the molecule is Cc1cnc(N2CCC3(C2)CN(c2cccc(F)c2)C(=O)CN3C)nc1.O=C(O)C(F)(F)F. The summed E-state index contributed by atoms with van der Waals surface area (Å²) < 4.78 is 45.4. The summed E-state index contributed by atoms with van der Waals surface area (Å²) in [5.74, 6) is -2.37. The summed E-state index contributed by atoms with van der Waals surface area (Å²) in [6.45, 7) is 4.39. The van der Waals surface area contributed by atoms with Gasteiger partial charge in [0.25, 0.3) is 0 Å². The maximum Gasteiger partial charge on any atom is 0.490 e. The van der Waals surface area contributed by atoms with Gasteiger partial charge in [0.1, 0.15) is 5.82 Å². The number of halogens is 4. The van der Waals surface area contributed by atoms with Crippen molar-refractivity contribution in [3.63, 3.8) is 0 Å². The standard InChI is InChI=1S/C19H22FN5O.C2HF3O2/c1-14-9-21-18(22-10-14)24-7-6-19(12-24)13-25(17(26)11-23(19)2)16-5-3-4-15(20)8-16;3-2(4,5)1(6)7/h3-5,8-10H,6-7,11-13H2,1-2H3;(H,6,7). The molecule has 1 spiro atoms. The van der Waals surface area contributed by atoms with Crippen molar-refractivity contribution in [1.82, 2.24) is 14.9 Å². The van der Waals surface area contributed by atoms with Crippen LogP contribution in [0.1, 0.15) is 12.0 Å². The lowest BCUT2D eigenvalue weighted by atomic mass is 9.92. The van der Waals surface area contributed by atoms with Gasteiger partial charge in [-0.2, -0.15) is 13.2 Å². The number of aryl methyl sites for hydroxylation is 1. The number of piperazine rings is 1. The number of hydrogen-bond donors (Lipinski definition) is 1. The Balaban J connectivity index is 0.000000383. The zero-order valence-corrected chi connectivity index (χ0v) is 18.0. The van der Waals surface area contributed by atoms with Gasteiger partial charge in [0.05, 0.1) is 12.1 Å². The third kappa shape index (κ3) is 5.56. The normalized spacial score (nSPS) is 21.2. The minimum absolute atomic E-state index is 0.00578. The zero-order valence-electron chi connectivity index (χ0n) is 18.0. The molecule has 1 atom stereocenters. The average molecular weight is 469 g/mol. The molecular weight excluding hydrogens is 446 g/mol. The second-order valence-corrected chi connectivity index (χ2v) is 8.08. The van der Waals surface area contributed by atoms with Crippen LogP contribution in [-0.4, -0.2) is 76.8 Å². The Hall–Kier alpha value is -3.28. The lowest BCUT2D eigenvalue weighted by molar-refractivity contribution is -0.192. The molecule has 1 amide bonds. The predicted molar refractivity (Wildman–Crippen MR) is 111 cm³/mol. The minimum Gasteiger partial charge on any atom is -0.475 e. The van der Waals surface area contributed by atoms with Gasteiger partial charge in [-0.3, -0.25) is 9.69 Å². The number of carbonyl (C=O) groups is 2. The van der Waals surface area contributed by atoms with Crippen molar-refractivity contribution in [3.8, 4) is 0 Å². The van der Waals surface area contributed by atoms with Crippen LogP contribution in [0.25, 0.3) is 0 Å². The van der Waals surface area contributed by atoms with Gasteiger partial charge in [0.2, 0.25) is 11.9 Å². The highest BCUT2D eigenvalue weighted by molar-refractivity contribution is 5.96. The Kier molecular flexibility index (Phi) is 6.86. The van der Waals surface area contributed by atoms with Crippen molar-refractivity contribution in [2.75, 3.05) is 43.0 Å². The fourth-order valence-electron chi connectivity index (χ4n) is 3.86. The molecule has 2 aromatic rings. The third-order valence-electron chi connectivity index (χ3n) is 5.68. The highest BCUT2D eigenvalue weighted by Crippen LogP contribution is 2.34. The molecule has 0 bridgehead atoms. The van der Waals surface area contributed by atoms with Crippen LogP contribution < -0.4 is 9.80 Å². The molecule has 2 fully saturated rings. The van der Waals surface area contributed by atoms with Crippen molar-refractivity contribution in [2.24, 2.45) is 0 Å². The maximum absolute atomic E-state index is 13.6. The number of aliphatic carboxylic acids is 1. The number of nitrogens with zero attached hydrogens (tertiary/aromatic N) is 5. The number of carboxylic acid groups (broad SMARTS) is 1. The Bertz CT molecular complexity index is 1020. The number of alkyl halides is 3. The van der Waals surface area contributed by atoms with Gasteiger partial charge in [0.15, 0.2) is 0 Å². The summed E-state index contributed by atoms with van der Waals surface area (Å²) >= 11 is 0. The molecule has 12 heteroatoms. The lowest BCUT2D eigenvalue weighted by Crippen LogP contribution is -2.64. The molecule has 178 valence electrons. The topological polar surface area (TPSA) is 89.9 Å². The minimum atomic E-state index is -5.08. The van der Waals surface area contributed by atoms with E-state index < -0.39 is 12.1 Å². The number of likely N-dealkylation sites (N-methyl/N-ethyl adjacent to an activating group) is 1. The fourth-order valence-corrected chi connectivity index (χ4v) is 3.86. The van der Waals surface area contributed by atoms with Gasteiger partial charge in [0, 0.05) is 37.7 Å². The molecule has 8 nitrogen and oxygen atoms in total. The fraction of sp³-hybridized carbons (Fsp3) is 0.429. The molecule has 1 N–H and O–H groups in total. The van der Waals surface area contributed by atoms with Crippen LogP contribution in [0.15, 0.2) is 36.7 Å². The predicted octanol–water partition coefficient (Wildman–Crippen LogP) is 2.48. The summed E-state index contributed by atoms with van der Waals surface area (Å²) in [6.07, 6.45) is -0.541. The van der Waals surface area contributed by atoms with E-state index in [9.17, 15) is 22.4 Å². The summed E-state index contributed by atoms with van der Waals surface area (Å²) in [5.41, 5.74) is 1.46. The van der Waals surface area contributed by atoms with Gasteiger partial charge in [-0.1, -0.05) is 6.07 Å². The first-order valence-electron chi connectivity index (χ1n) is 10.0. The van der Waals surface area contributed by atoms with E-state index in [-0.39, 0.29) is 17.3 Å². The number of benzene rings is 1. The monoisotopic (exact) mass is 469 g/mol. The van der Waals surface area contributed by atoms with Crippen LogP contribution in [-0.2, 0) is 9.59 Å². The Morgan fingerprint density at radius 3 is 2.39 bits per heavy atom. The molecule has 2 saturated heterocycles. The molecule has 4 rings (SSSR count). The number of aromatic nitrogens is 2. The molecule has 2 aliphatic heterocycles. The Morgan fingerprint density at radius 1 is 1.18 bits per heavy atom. The number of carbonyl (C=O) groups excluding carboxylic acids is 1. The summed E-state index contributed by atoms with van der Waals surface area (Å²) in [6, 6.07) is 6.25. The van der Waals surface area contributed by atoms with Crippen molar-refractivity contribution in [3.05, 3.63) is 48.0 Å². The summed E-state index contributed by atoms with van der Waals surface area (Å²) in [4.78, 5) is 36.3. The van der Waals surface area contributed by atoms with Gasteiger partial charge >= 0.3 is 12.1 Å².